The first-order valence-corrected chi connectivity index (χ1v) is 7.15. The van der Waals surface area contributed by atoms with Crippen LogP contribution in [0, 0.1) is 10.1 Å². The van der Waals surface area contributed by atoms with Gasteiger partial charge >= 0.3 is 0 Å². The van der Waals surface area contributed by atoms with E-state index in [4.69, 9.17) is 0 Å². The topological polar surface area (TPSA) is 84.6 Å². The highest BCUT2D eigenvalue weighted by Crippen LogP contribution is 2.11. The Bertz CT molecular complexity index is 697. The van der Waals surface area contributed by atoms with E-state index in [-0.39, 0.29) is 18.0 Å². The van der Waals surface area contributed by atoms with E-state index in [0.717, 1.165) is 10.0 Å². The van der Waals surface area contributed by atoms with Gasteiger partial charge in [0.15, 0.2) is 0 Å². The molecule has 6 nitrogen and oxygen atoms in total. The van der Waals surface area contributed by atoms with Crippen LogP contribution in [-0.4, -0.2) is 17.0 Å². The highest BCUT2D eigenvalue weighted by Gasteiger charge is 2.03. The zero-order valence-electron chi connectivity index (χ0n) is 11.4. The molecule has 0 fully saturated rings. The SMILES string of the molecule is O=C(Cc1ccc(Br)cc1)NN=Cc1ccc([N+](=O)[O-])cc1. The largest absolute Gasteiger partial charge is 0.273 e. The van der Waals surface area contributed by atoms with Crippen molar-refractivity contribution in [2.45, 2.75) is 6.42 Å². The van der Waals surface area contributed by atoms with E-state index in [1.165, 1.54) is 18.3 Å². The van der Waals surface area contributed by atoms with Crippen LogP contribution >= 0.6 is 15.9 Å². The van der Waals surface area contributed by atoms with E-state index in [2.05, 4.69) is 26.5 Å². The zero-order chi connectivity index (χ0) is 15.9. The fraction of sp³-hybridized carbons (Fsp3) is 0.0667. The Morgan fingerprint density at radius 1 is 1.18 bits per heavy atom. The Morgan fingerprint density at radius 3 is 2.41 bits per heavy atom. The van der Waals surface area contributed by atoms with Crippen LogP contribution < -0.4 is 5.43 Å². The third kappa shape index (κ3) is 4.78. The Hall–Kier alpha value is -2.54. The average molecular weight is 362 g/mol. The highest BCUT2D eigenvalue weighted by molar-refractivity contribution is 9.10. The minimum Gasteiger partial charge on any atom is -0.273 e. The van der Waals surface area contributed by atoms with E-state index >= 15 is 0 Å². The van der Waals surface area contributed by atoms with Crippen LogP contribution in [0.3, 0.4) is 0 Å². The average Bonchev–Trinajstić information content (AvgIpc) is 2.50. The second-order valence-corrected chi connectivity index (χ2v) is 5.36. The van der Waals surface area contributed by atoms with Crippen molar-refractivity contribution in [2.75, 3.05) is 0 Å². The maximum Gasteiger partial charge on any atom is 0.269 e. The predicted octanol–water partition coefficient (Wildman–Crippen LogP) is 3.05. The van der Waals surface area contributed by atoms with Crippen molar-refractivity contribution < 1.29 is 9.72 Å². The quantitative estimate of drug-likeness (QED) is 0.504. The molecule has 22 heavy (non-hydrogen) atoms. The molecule has 0 aliphatic rings. The van der Waals surface area contributed by atoms with Crippen molar-refractivity contribution in [3.05, 3.63) is 74.2 Å². The number of rotatable bonds is 5. The number of amides is 1. The van der Waals surface area contributed by atoms with Crippen LogP contribution in [0.2, 0.25) is 0 Å². The molecule has 2 aromatic rings. The number of nitrogens with zero attached hydrogens (tertiary/aromatic N) is 2. The standard InChI is InChI=1S/C15H12BrN3O3/c16-13-5-1-11(2-6-13)9-15(20)18-17-10-12-3-7-14(8-4-12)19(21)22/h1-8,10H,9H2,(H,18,20). The summed E-state index contributed by atoms with van der Waals surface area (Å²) in [4.78, 5) is 21.8. The minimum absolute atomic E-state index is 0.0106. The molecule has 112 valence electrons. The second-order valence-electron chi connectivity index (χ2n) is 4.45. The van der Waals surface area contributed by atoms with Gasteiger partial charge in [-0.1, -0.05) is 28.1 Å². The zero-order valence-corrected chi connectivity index (χ0v) is 13.0. The third-order valence-corrected chi connectivity index (χ3v) is 3.31. The minimum atomic E-state index is -0.471. The molecule has 0 aliphatic heterocycles. The molecule has 0 unspecified atom stereocenters. The van der Waals surface area contributed by atoms with Gasteiger partial charge in [-0.15, -0.1) is 0 Å². The summed E-state index contributed by atoms with van der Waals surface area (Å²) in [5.41, 5.74) is 3.97. The van der Waals surface area contributed by atoms with Crippen LogP contribution in [-0.2, 0) is 11.2 Å². The summed E-state index contributed by atoms with van der Waals surface area (Å²) in [5, 5.41) is 14.3. The summed E-state index contributed by atoms with van der Waals surface area (Å²) < 4.78 is 0.952. The number of carbonyl (C=O) groups is 1. The van der Waals surface area contributed by atoms with Crippen molar-refractivity contribution in [3.8, 4) is 0 Å². The van der Waals surface area contributed by atoms with E-state index in [1.54, 1.807) is 12.1 Å². The van der Waals surface area contributed by atoms with E-state index in [1.807, 2.05) is 24.3 Å². The van der Waals surface area contributed by atoms with Gasteiger partial charge in [-0.2, -0.15) is 5.10 Å². The van der Waals surface area contributed by atoms with Crippen LogP contribution in [0.25, 0.3) is 0 Å². The normalized spacial score (nSPS) is 10.6. The molecule has 0 spiro atoms. The molecular weight excluding hydrogens is 350 g/mol. The number of nitro benzene ring substituents is 1. The van der Waals surface area contributed by atoms with Crippen molar-refractivity contribution in [1.82, 2.24) is 5.43 Å². The van der Waals surface area contributed by atoms with Gasteiger partial charge in [-0.3, -0.25) is 14.9 Å². The second kappa shape index (κ2) is 7.46. The third-order valence-electron chi connectivity index (χ3n) is 2.78. The highest BCUT2D eigenvalue weighted by atomic mass is 79.9. The summed E-state index contributed by atoms with van der Waals surface area (Å²) >= 11 is 3.33. The lowest BCUT2D eigenvalue weighted by molar-refractivity contribution is -0.384. The van der Waals surface area contributed by atoms with E-state index < -0.39 is 4.92 Å². The number of nitrogens with one attached hydrogen (secondary N) is 1. The first kappa shape index (κ1) is 15.8. The Labute approximate surface area is 135 Å². The molecule has 7 heteroatoms. The van der Waals surface area contributed by atoms with Gasteiger partial charge in [0.05, 0.1) is 17.6 Å². The van der Waals surface area contributed by atoms with Crippen LogP contribution in [0.4, 0.5) is 5.69 Å². The van der Waals surface area contributed by atoms with Crippen molar-refractivity contribution in [1.29, 1.82) is 0 Å². The van der Waals surface area contributed by atoms with Gasteiger partial charge in [0, 0.05) is 16.6 Å². The van der Waals surface area contributed by atoms with Crippen molar-refractivity contribution >= 4 is 33.7 Å². The van der Waals surface area contributed by atoms with Gasteiger partial charge in [0.1, 0.15) is 0 Å². The molecule has 0 saturated carbocycles. The summed E-state index contributed by atoms with van der Waals surface area (Å²) in [6.45, 7) is 0. The fourth-order valence-electron chi connectivity index (χ4n) is 1.69. The first-order chi connectivity index (χ1) is 10.5. The molecule has 2 rings (SSSR count). The summed E-state index contributed by atoms with van der Waals surface area (Å²) in [6, 6.07) is 13.3. The monoisotopic (exact) mass is 361 g/mol. The lowest BCUT2D eigenvalue weighted by Crippen LogP contribution is -2.19. The fourth-order valence-corrected chi connectivity index (χ4v) is 1.95. The molecule has 0 bridgehead atoms. The van der Waals surface area contributed by atoms with Gasteiger partial charge in [-0.05, 0) is 35.4 Å². The number of benzene rings is 2. The maximum absolute atomic E-state index is 11.7. The van der Waals surface area contributed by atoms with Crippen LogP contribution in [0.15, 0.2) is 58.1 Å². The number of halogens is 1. The lowest BCUT2D eigenvalue weighted by atomic mass is 10.1. The number of nitro groups is 1. The Balaban J connectivity index is 1.87. The van der Waals surface area contributed by atoms with Gasteiger partial charge in [0.2, 0.25) is 5.91 Å². The van der Waals surface area contributed by atoms with Crippen LogP contribution in [0.5, 0.6) is 0 Å². The Morgan fingerprint density at radius 2 is 1.82 bits per heavy atom. The van der Waals surface area contributed by atoms with Gasteiger partial charge in [-0.25, -0.2) is 5.43 Å². The molecule has 0 saturated heterocycles. The summed E-state index contributed by atoms with van der Waals surface area (Å²) in [6.07, 6.45) is 1.66. The Kier molecular flexibility index (Phi) is 5.37. The lowest BCUT2D eigenvalue weighted by Gasteiger charge is -2.00. The number of hydrogen-bond acceptors (Lipinski definition) is 4. The predicted molar refractivity (Wildman–Crippen MR) is 86.7 cm³/mol. The smallest absolute Gasteiger partial charge is 0.269 e. The van der Waals surface area contributed by atoms with E-state index in [9.17, 15) is 14.9 Å². The van der Waals surface area contributed by atoms with Crippen LogP contribution in [0.1, 0.15) is 11.1 Å². The molecule has 1 amide bonds. The molecule has 0 atom stereocenters. The number of non-ortho nitro benzene ring substituents is 1. The molecular formula is C15H12BrN3O3. The van der Waals surface area contributed by atoms with E-state index in [0.29, 0.717) is 5.56 Å². The van der Waals surface area contributed by atoms with Gasteiger partial charge in [0.25, 0.3) is 5.69 Å². The van der Waals surface area contributed by atoms with Gasteiger partial charge < -0.3 is 0 Å². The molecule has 0 radical (unpaired) electrons. The maximum atomic E-state index is 11.7. The number of carbonyl (C=O) groups excluding carboxylic acids is 1. The van der Waals surface area contributed by atoms with Crippen molar-refractivity contribution in [2.24, 2.45) is 5.10 Å². The van der Waals surface area contributed by atoms with Crippen molar-refractivity contribution in [3.63, 3.8) is 0 Å². The summed E-state index contributed by atoms with van der Waals surface area (Å²) in [7, 11) is 0. The first-order valence-electron chi connectivity index (χ1n) is 6.35. The molecule has 0 aromatic heterocycles. The molecule has 2 aromatic carbocycles. The molecule has 0 heterocycles. The molecule has 0 aliphatic carbocycles. The number of hydrazone groups is 1. The summed E-state index contributed by atoms with van der Waals surface area (Å²) in [5.74, 6) is -0.236. The number of hydrogen-bond donors (Lipinski definition) is 1. The molecule has 1 N–H and O–H groups in total.